The SMILES string of the molecule is CNCC1CN(S(=O)(=O)C(C)(C)C)CCO1. The highest BCUT2D eigenvalue weighted by atomic mass is 32.2. The van der Waals surface area contributed by atoms with Gasteiger partial charge in [-0.05, 0) is 27.8 Å². The molecular formula is C10H22N2O3S. The van der Waals surface area contributed by atoms with Gasteiger partial charge >= 0.3 is 0 Å². The molecule has 1 rings (SSSR count). The average molecular weight is 250 g/mol. The molecule has 16 heavy (non-hydrogen) atoms. The van der Waals surface area contributed by atoms with Gasteiger partial charge in [0.15, 0.2) is 0 Å². The molecule has 1 aliphatic heterocycles. The summed E-state index contributed by atoms with van der Waals surface area (Å²) in [6, 6.07) is 0. The summed E-state index contributed by atoms with van der Waals surface area (Å²) in [7, 11) is -1.39. The molecule has 0 saturated carbocycles. The lowest BCUT2D eigenvalue weighted by atomic mass is 10.3. The monoisotopic (exact) mass is 250 g/mol. The first-order chi connectivity index (χ1) is 7.29. The molecule has 0 aromatic carbocycles. The number of rotatable bonds is 3. The Morgan fingerprint density at radius 1 is 1.44 bits per heavy atom. The molecule has 1 unspecified atom stereocenters. The van der Waals surface area contributed by atoms with E-state index in [0.29, 0.717) is 26.2 Å². The Hall–Kier alpha value is -0.170. The van der Waals surface area contributed by atoms with E-state index in [4.69, 9.17) is 4.74 Å². The van der Waals surface area contributed by atoms with Crippen LogP contribution in [0.1, 0.15) is 20.8 Å². The van der Waals surface area contributed by atoms with Crippen LogP contribution in [0.3, 0.4) is 0 Å². The predicted octanol–water partition coefficient (Wildman–Crippen LogP) is 0.0349. The number of sulfonamides is 1. The van der Waals surface area contributed by atoms with Crippen molar-refractivity contribution in [1.82, 2.24) is 9.62 Å². The van der Waals surface area contributed by atoms with Crippen LogP contribution in [0.4, 0.5) is 0 Å². The maximum atomic E-state index is 12.2. The molecule has 0 bridgehead atoms. The van der Waals surface area contributed by atoms with E-state index in [-0.39, 0.29) is 6.10 Å². The van der Waals surface area contributed by atoms with Gasteiger partial charge < -0.3 is 10.1 Å². The van der Waals surface area contributed by atoms with Gasteiger partial charge in [0.25, 0.3) is 0 Å². The maximum absolute atomic E-state index is 12.2. The van der Waals surface area contributed by atoms with E-state index >= 15 is 0 Å². The van der Waals surface area contributed by atoms with Crippen molar-refractivity contribution in [2.75, 3.05) is 33.3 Å². The Kier molecular flexibility index (Phi) is 4.34. The molecule has 96 valence electrons. The number of morpholine rings is 1. The number of hydrogen-bond acceptors (Lipinski definition) is 4. The molecule has 1 aliphatic rings. The van der Waals surface area contributed by atoms with E-state index in [1.54, 1.807) is 25.1 Å². The maximum Gasteiger partial charge on any atom is 0.219 e. The van der Waals surface area contributed by atoms with Crippen molar-refractivity contribution in [2.45, 2.75) is 31.6 Å². The van der Waals surface area contributed by atoms with Gasteiger partial charge in [-0.1, -0.05) is 0 Å². The molecule has 0 radical (unpaired) electrons. The number of hydrogen-bond donors (Lipinski definition) is 1. The molecule has 1 heterocycles. The topological polar surface area (TPSA) is 58.6 Å². The van der Waals surface area contributed by atoms with Crippen molar-refractivity contribution in [3.05, 3.63) is 0 Å². The third-order valence-electron chi connectivity index (χ3n) is 2.65. The summed E-state index contributed by atoms with van der Waals surface area (Å²) in [5, 5.41) is 3.00. The average Bonchev–Trinajstić information content (AvgIpc) is 2.17. The first kappa shape index (κ1) is 13.9. The minimum absolute atomic E-state index is 0.0455. The van der Waals surface area contributed by atoms with Gasteiger partial charge in [0.2, 0.25) is 10.0 Å². The van der Waals surface area contributed by atoms with Gasteiger partial charge in [0.1, 0.15) is 0 Å². The Labute approximate surface area is 98.2 Å². The lowest BCUT2D eigenvalue weighted by Crippen LogP contribution is -2.52. The lowest BCUT2D eigenvalue weighted by molar-refractivity contribution is 0.000268. The molecule has 0 aromatic heterocycles. The first-order valence-corrected chi connectivity index (χ1v) is 6.99. The first-order valence-electron chi connectivity index (χ1n) is 5.55. The summed E-state index contributed by atoms with van der Waals surface area (Å²) in [5.74, 6) is 0. The minimum atomic E-state index is -3.23. The molecule has 1 fully saturated rings. The lowest BCUT2D eigenvalue weighted by Gasteiger charge is -2.36. The minimum Gasteiger partial charge on any atom is -0.374 e. The molecule has 0 spiro atoms. The number of nitrogens with one attached hydrogen (secondary N) is 1. The van der Waals surface area contributed by atoms with E-state index in [9.17, 15) is 8.42 Å². The van der Waals surface area contributed by atoms with E-state index < -0.39 is 14.8 Å². The van der Waals surface area contributed by atoms with E-state index in [1.807, 2.05) is 7.05 Å². The standard InChI is InChI=1S/C10H22N2O3S/c1-10(2,3)16(13,14)12-5-6-15-9(8-12)7-11-4/h9,11H,5-8H2,1-4H3. The summed E-state index contributed by atoms with van der Waals surface area (Å²) in [5.41, 5.74) is 0. The highest BCUT2D eigenvalue weighted by molar-refractivity contribution is 7.90. The highest BCUT2D eigenvalue weighted by Gasteiger charge is 2.37. The Balaban J connectivity index is 2.74. The van der Waals surface area contributed by atoms with Crippen molar-refractivity contribution in [1.29, 1.82) is 0 Å². The number of nitrogens with zero attached hydrogens (tertiary/aromatic N) is 1. The molecule has 0 amide bonds. The summed E-state index contributed by atoms with van der Waals surface area (Å²) in [6.45, 7) is 7.23. The van der Waals surface area contributed by atoms with Crippen LogP contribution in [-0.2, 0) is 14.8 Å². The van der Waals surface area contributed by atoms with E-state index in [0.717, 1.165) is 0 Å². The largest absolute Gasteiger partial charge is 0.374 e. The van der Waals surface area contributed by atoms with Crippen LogP contribution in [0.25, 0.3) is 0 Å². The molecule has 0 aliphatic carbocycles. The van der Waals surface area contributed by atoms with Gasteiger partial charge in [0.05, 0.1) is 17.5 Å². The number of likely N-dealkylation sites (N-methyl/N-ethyl adjacent to an activating group) is 1. The Morgan fingerprint density at radius 2 is 2.06 bits per heavy atom. The van der Waals surface area contributed by atoms with Gasteiger partial charge in [-0.3, -0.25) is 0 Å². The fraction of sp³-hybridized carbons (Fsp3) is 1.00. The fourth-order valence-corrected chi connectivity index (χ4v) is 3.10. The normalized spacial score (nSPS) is 24.6. The zero-order chi connectivity index (χ0) is 12.4. The molecule has 1 atom stereocenters. The second-order valence-corrected chi connectivity index (χ2v) is 7.72. The zero-order valence-electron chi connectivity index (χ0n) is 10.5. The van der Waals surface area contributed by atoms with Crippen LogP contribution >= 0.6 is 0 Å². The van der Waals surface area contributed by atoms with Crippen molar-refractivity contribution in [2.24, 2.45) is 0 Å². The molecule has 1 saturated heterocycles. The summed E-state index contributed by atoms with van der Waals surface area (Å²) in [6.07, 6.45) is -0.0455. The van der Waals surface area contributed by atoms with Crippen LogP contribution in [-0.4, -0.2) is 56.9 Å². The van der Waals surface area contributed by atoms with Gasteiger partial charge in [-0.15, -0.1) is 0 Å². The Morgan fingerprint density at radius 3 is 2.56 bits per heavy atom. The predicted molar refractivity (Wildman–Crippen MR) is 63.9 cm³/mol. The van der Waals surface area contributed by atoms with E-state index in [1.165, 1.54) is 0 Å². The third kappa shape index (κ3) is 2.94. The van der Waals surface area contributed by atoms with Crippen molar-refractivity contribution < 1.29 is 13.2 Å². The van der Waals surface area contributed by atoms with Crippen molar-refractivity contribution >= 4 is 10.0 Å². The summed E-state index contributed by atoms with van der Waals surface area (Å²) < 4.78 is 30.7. The molecule has 5 nitrogen and oxygen atoms in total. The van der Waals surface area contributed by atoms with Crippen LogP contribution in [0.15, 0.2) is 0 Å². The van der Waals surface area contributed by atoms with Crippen LogP contribution in [0.5, 0.6) is 0 Å². The van der Waals surface area contributed by atoms with Gasteiger partial charge in [-0.2, -0.15) is 4.31 Å². The fourth-order valence-electron chi connectivity index (χ4n) is 1.65. The molecule has 1 N–H and O–H groups in total. The smallest absolute Gasteiger partial charge is 0.219 e. The van der Waals surface area contributed by atoms with Gasteiger partial charge in [0, 0.05) is 19.6 Å². The third-order valence-corrected chi connectivity index (χ3v) is 5.21. The molecule has 6 heteroatoms. The van der Waals surface area contributed by atoms with Gasteiger partial charge in [-0.25, -0.2) is 8.42 Å². The van der Waals surface area contributed by atoms with Crippen LogP contribution in [0, 0.1) is 0 Å². The summed E-state index contributed by atoms with van der Waals surface area (Å²) >= 11 is 0. The van der Waals surface area contributed by atoms with Crippen molar-refractivity contribution in [3.63, 3.8) is 0 Å². The summed E-state index contributed by atoms with van der Waals surface area (Å²) in [4.78, 5) is 0. The second kappa shape index (κ2) is 5.00. The van der Waals surface area contributed by atoms with Crippen LogP contribution < -0.4 is 5.32 Å². The van der Waals surface area contributed by atoms with E-state index in [2.05, 4.69) is 5.32 Å². The molecule has 0 aromatic rings. The van der Waals surface area contributed by atoms with Crippen LogP contribution in [0.2, 0.25) is 0 Å². The van der Waals surface area contributed by atoms with Crippen molar-refractivity contribution in [3.8, 4) is 0 Å². The zero-order valence-corrected chi connectivity index (χ0v) is 11.3. The quantitative estimate of drug-likeness (QED) is 0.768. The number of ether oxygens (including phenoxy) is 1. The highest BCUT2D eigenvalue weighted by Crippen LogP contribution is 2.22. The Bertz CT molecular complexity index is 319. The second-order valence-electron chi connectivity index (χ2n) is 5.03. The molecular weight excluding hydrogens is 228 g/mol.